The Morgan fingerprint density at radius 1 is 1.73 bits per heavy atom. The van der Waals surface area contributed by atoms with Crippen LogP contribution in [-0.2, 0) is 11.3 Å². The number of hydrogen-bond acceptors (Lipinski definition) is 4. The van der Waals surface area contributed by atoms with Crippen molar-refractivity contribution >= 4 is 22.4 Å². The first kappa shape index (κ1) is 10.4. The summed E-state index contributed by atoms with van der Waals surface area (Å²) in [6.45, 7) is 3.68. The van der Waals surface area contributed by atoms with Gasteiger partial charge in [-0.1, -0.05) is 13.3 Å². The third-order valence-electron chi connectivity index (χ3n) is 2.79. The van der Waals surface area contributed by atoms with Gasteiger partial charge in [-0.3, -0.25) is 4.79 Å². The molecular weight excluding hydrogens is 210 g/mol. The Morgan fingerprint density at radius 2 is 2.53 bits per heavy atom. The second-order valence-electron chi connectivity index (χ2n) is 3.92. The molecule has 2 N–H and O–H groups in total. The molecule has 1 fully saturated rings. The zero-order valence-corrected chi connectivity index (χ0v) is 9.59. The minimum absolute atomic E-state index is 0.258. The monoisotopic (exact) mass is 225 g/mol. The Bertz CT molecular complexity index is 363. The number of hydrogen-bond donors (Lipinski definition) is 1. The first-order chi connectivity index (χ1) is 7.19. The Balaban J connectivity index is 1.98. The van der Waals surface area contributed by atoms with Gasteiger partial charge in [0.25, 0.3) is 0 Å². The average Bonchev–Trinajstić information content (AvgIpc) is 2.75. The highest BCUT2D eigenvalue weighted by molar-refractivity contribution is 7.15. The second-order valence-corrected chi connectivity index (χ2v) is 5.06. The van der Waals surface area contributed by atoms with Gasteiger partial charge in [0.1, 0.15) is 0 Å². The lowest BCUT2D eigenvalue weighted by atomic mass is 10.1. The van der Waals surface area contributed by atoms with Gasteiger partial charge in [0.15, 0.2) is 5.13 Å². The number of aromatic nitrogens is 1. The van der Waals surface area contributed by atoms with Crippen molar-refractivity contribution in [3.8, 4) is 0 Å². The molecule has 1 saturated heterocycles. The van der Waals surface area contributed by atoms with E-state index in [4.69, 9.17) is 5.73 Å². The van der Waals surface area contributed by atoms with Crippen LogP contribution in [0.4, 0.5) is 5.13 Å². The number of carbonyl (C=O) groups excluding carboxylic acids is 1. The van der Waals surface area contributed by atoms with E-state index in [1.54, 1.807) is 6.20 Å². The van der Waals surface area contributed by atoms with E-state index in [1.165, 1.54) is 11.3 Å². The number of nitrogens with two attached hydrogens (primary N) is 1. The number of nitrogens with zero attached hydrogens (tertiary/aromatic N) is 2. The van der Waals surface area contributed by atoms with E-state index in [2.05, 4.69) is 11.9 Å². The second kappa shape index (κ2) is 4.18. The van der Waals surface area contributed by atoms with Crippen LogP contribution in [-0.4, -0.2) is 22.3 Å². The van der Waals surface area contributed by atoms with Crippen LogP contribution in [0, 0.1) is 5.92 Å². The molecule has 0 saturated carbocycles. The van der Waals surface area contributed by atoms with E-state index in [0.717, 1.165) is 17.8 Å². The van der Waals surface area contributed by atoms with Crippen molar-refractivity contribution in [3.63, 3.8) is 0 Å². The van der Waals surface area contributed by atoms with E-state index in [1.807, 2.05) is 4.90 Å². The van der Waals surface area contributed by atoms with Crippen molar-refractivity contribution in [1.82, 2.24) is 9.88 Å². The fraction of sp³-hybridized carbons (Fsp3) is 0.600. The highest BCUT2D eigenvalue weighted by Crippen LogP contribution is 2.24. The highest BCUT2D eigenvalue weighted by atomic mass is 32.1. The molecule has 2 heterocycles. The van der Waals surface area contributed by atoms with Crippen molar-refractivity contribution in [2.24, 2.45) is 5.92 Å². The van der Waals surface area contributed by atoms with Gasteiger partial charge in [0, 0.05) is 24.0 Å². The van der Waals surface area contributed by atoms with E-state index < -0.39 is 0 Å². The minimum Gasteiger partial charge on any atom is -0.375 e. The number of carbonyl (C=O) groups is 1. The first-order valence-corrected chi connectivity index (χ1v) is 5.98. The average molecular weight is 225 g/mol. The standard InChI is InChI=1S/C10H15N3OS/c1-2-7-3-9(14)13(5-7)6-8-4-12-10(11)15-8/h4,7H,2-3,5-6H2,1H3,(H2,11,12). The molecule has 0 radical (unpaired) electrons. The van der Waals surface area contributed by atoms with Crippen LogP contribution in [0.1, 0.15) is 24.6 Å². The summed E-state index contributed by atoms with van der Waals surface area (Å²) >= 11 is 1.46. The summed E-state index contributed by atoms with van der Waals surface area (Å²) in [7, 11) is 0. The third kappa shape index (κ3) is 2.28. The van der Waals surface area contributed by atoms with Gasteiger partial charge in [-0.2, -0.15) is 0 Å². The molecule has 5 heteroatoms. The highest BCUT2D eigenvalue weighted by Gasteiger charge is 2.28. The summed E-state index contributed by atoms with van der Waals surface area (Å²) in [4.78, 5) is 18.6. The first-order valence-electron chi connectivity index (χ1n) is 5.17. The zero-order chi connectivity index (χ0) is 10.8. The van der Waals surface area contributed by atoms with Crippen LogP contribution in [0.3, 0.4) is 0 Å². The van der Waals surface area contributed by atoms with Crippen molar-refractivity contribution in [2.45, 2.75) is 26.3 Å². The molecule has 1 aromatic rings. The normalized spacial score (nSPS) is 21.3. The summed E-state index contributed by atoms with van der Waals surface area (Å²) in [5.74, 6) is 0.789. The fourth-order valence-electron chi connectivity index (χ4n) is 1.86. The summed E-state index contributed by atoms with van der Waals surface area (Å²) in [5, 5.41) is 0.573. The number of rotatable bonds is 3. The van der Waals surface area contributed by atoms with Gasteiger partial charge in [-0.25, -0.2) is 4.98 Å². The molecule has 1 aliphatic rings. The maximum atomic E-state index is 11.6. The van der Waals surface area contributed by atoms with E-state index in [-0.39, 0.29) is 5.91 Å². The smallest absolute Gasteiger partial charge is 0.223 e. The Hall–Kier alpha value is -1.10. The Kier molecular flexibility index (Phi) is 2.90. The number of anilines is 1. The molecule has 4 nitrogen and oxygen atoms in total. The summed E-state index contributed by atoms with van der Waals surface area (Å²) in [6, 6.07) is 0. The van der Waals surface area contributed by atoms with Gasteiger partial charge in [-0.05, 0) is 5.92 Å². The predicted octanol–water partition coefficient (Wildman–Crippen LogP) is 1.48. The molecule has 15 heavy (non-hydrogen) atoms. The number of nitrogen functional groups attached to an aromatic ring is 1. The van der Waals surface area contributed by atoms with Crippen LogP contribution in [0.25, 0.3) is 0 Å². The lowest BCUT2D eigenvalue weighted by molar-refractivity contribution is -0.128. The Morgan fingerprint density at radius 3 is 3.07 bits per heavy atom. The summed E-state index contributed by atoms with van der Waals surface area (Å²) in [5.41, 5.74) is 5.54. The zero-order valence-electron chi connectivity index (χ0n) is 8.77. The molecule has 1 aromatic heterocycles. The van der Waals surface area contributed by atoms with Crippen molar-refractivity contribution < 1.29 is 4.79 Å². The number of thiazole rings is 1. The van der Waals surface area contributed by atoms with Gasteiger partial charge < -0.3 is 10.6 Å². The van der Waals surface area contributed by atoms with E-state index in [0.29, 0.717) is 24.0 Å². The molecule has 0 aliphatic carbocycles. The van der Waals surface area contributed by atoms with Crippen LogP contribution < -0.4 is 5.73 Å². The molecule has 82 valence electrons. The van der Waals surface area contributed by atoms with Gasteiger partial charge in [-0.15, -0.1) is 11.3 Å². The predicted molar refractivity (Wildman–Crippen MR) is 60.3 cm³/mol. The molecule has 1 amide bonds. The largest absolute Gasteiger partial charge is 0.375 e. The Labute approximate surface area is 93.1 Å². The molecule has 1 unspecified atom stereocenters. The SMILES string of the molecule is CCC1CC(=O)N(Cc2cnc(N)s2)C1. The molecule has 1 aliphatic heterocycles. The molecular formula is C10H15N3OS. The van der Waals surface area contributed by atoms with Gasteiger partial charge in [0.2, 0.25) is 5.91 Å². The maximum absolute atomic E-state index is 11.6. The van der Waals surface area contributed by atoms with Gasteiger partial charge >= 0.3 is 0 Å². The van der Waals surface area contributed by atoms with Crippen molar-refractivity contribution in [3.05, 3.63) is 11.1 Å². The van der Waals surface area contributed by atoms with Crippen LogP contribution in [0.2, 0.25) is 0 Å². The van der Waals surface area contributed by atoms with Crippen LogP contribution >= 0.6 is 11.3 Å². The van der Waals surface area contributed by atoms with Crippen LogP contribution in [0.15, 0.2) is 6.20 Å². The number of amides is 1. The fourth-order valence-corrected chi connectivity index (χ4v) is 2.56. The number of likely N-dealkylation sites (tertiary alicyclic amines) is 1. The third-order valence-corrected chi connectivity index (χ3v) is 3.60. The minimum atomic E-state index is 0.258. The molecule has 0 bridgehead atoms. The lowest BCUT2D eigenvalue weighted by Gasteiger charge is -2.14. The quantitative estimate of drug-likeness (QED) is 0.847. The molecule has 2 rings (SSSR count). The van der Waals surface area contributed by atoms with Crippen molar-refractivity contribution in [2.75, 3.05) is 12.3 Å². The summed E-state index contributed by atoms with van der Waals surface area (Å²) < 4.78 is 0. The summed E-state index contributed by atoms with van der Waals surface area (Å²) in [6.07, 6.45) is 3.53. The van der Waals surface area contributed by atoms with Gasteiger partial charge in [0.05, 0.1) is 6.54 Å². The molecule has 0 aromatic carbocycles. The van der Waals surface area contributed by atoms with Crippen LogP contribution in [0.5, 0.6) is 0 Å². The molecule has 0 spiro atoms. The van der Waals surface area contributed by atoms with E-state index in [9.17, 15) is 4.79 Å². The lowest BCUT2D eigenvalue weighted by Crippen LogP contribution is -2.24. The van der Waals surface area contributed by atoms with E-state index >= 15 is 0 Å². The topological polar surface area (TPSA) is 59.2 Å². The maximum Gasteiger partial charge on any atom is 0.223 e. The molecule has 1 atom stereocenters. The van der Waals surface area contributed by atoms with Crippen molar-refractivity contribution in [1.29, 1.82) is 0 Å².